The molecule has 0 unspecified atom stereocenters. The summed E-state index contributed by atoms with van der Waals surface area (Å²) in [7, 11) is 0. The highest BCUT2D eigenvalue weighted by Crippen LogP contribution is 2.25. The van der Waals surface area contributed by atoms with Crippen molar-refractivity contribution < 1.29 is 0 Å². The van der Waals surface area contributed by atoms with Gasteiger partial charge in [-0.25, -0.2) is 0 Å². The Hall–Kier alpha value is -2.07. The van der Waals surface area contributed by atoms with E-state index in [0.717, 1.165) is 24.5 Å². The zero-order valence-electron chi connectivity index (χ0n) is 14.6. The Labute approximate surface area is 149 Å². The first-order valence-electron chi connectivity index (χ1n) is 8.67. The van der Waals surface area contributed by atoms with Crippen molar-refractivity contribution in [1.29, 1.82) is 0 Å². The number of aromatic nitrogens is 1. The number of nitrogens with two attached hydrogens (primary N) is 1. The normalized spacial score (nSPS) is 10.2. The van der Waals surface area contributed by atoms with Crippen LogP contribution in [-0.2, 0) is 6.42 Å². The van der Waals surface area contributed by atoms with Gasteiger partial charge in [0.25, 0.3) is 0 Å². The lowest BCUT2D eigenvalue weighted by atomic mass is 10.1. The van der Waals surface area contributed by atoms with Gasteiger partial charge in [-0.3, -0.25) is 0 Å². The predicted octanol–water partition coefficient (Wildman–Crippen LogP) is 5.73. The standard InChI is InChI=1S/C10H12N2S.C10H15N/c1-2-7-11-10-8-5-3-4-6-9(8)13-12-10;1-2-3-4-9-5-7-10(11)8-6-9/h3-6H,2,7H2,1H3,(H,11,12);5-8H,2-4,11H2,1H3. The van der Waals surface area contributed by atoms with Gasteiger partial charge in [0.05, 0.1) is 4.70 Å². The van der Waals surface area contributed by atoms with E-state index in [9.17, 15) is 0 Å². The molecule has 0 fully saturated rings. The first-order chi connectivity index (χ1) is 11.7. The molecule has 3 rings (SSSR count). The summed E-state index contributed by atoms with van der Waals surface area (Å²) in [5, 5.41) is 4.55. The fourth-order valence-electron chi connectivity index (χ4n) is 2.32. The summed E-state index contributed by atoms with van der Waals surface area (Å²) in [5.74, 6) is 1.03. The summed E-state index contributed by atoms with van der Waals surface area (Å²) in [6.45, 7) is 5.35. The molecule has 4 heteroatoms. The highest BCUT2D eigenvalue weighted by molar-refractivity contribution is 7.13. The van der Waals surface area contributed by atoms with Crippen LogP contribution >= 0.6 is 11.5 Å². The van der Waals surface area contributed by atoms with Gasteiger partial charge in [-0.1, -0.05) is 44.5 Å². The van der Waals surface area contributed by atoms with Crippen LogP contribution in [0.3, 0.4) is 0 Å². The molecule has 3 nitrogen and oxygen atoms in total. The molecule has 128 valence electrons. The number of hydrogen-bond acceptors (Lipinski definition) is 4. The molecule has 0 saturated heterocycles. The van der Waals surface area contributed by atoms with Crippen molar-refractivity contribution in [3.05, 3.63) is 54.1 Å². The van der Waals surface area contributed by atoms with Crippen molar-refractivity contribution in [1.82, 2.24) is 4.37 Å². The van der Waals surface area contributed by atoms with Gasteiger partial charge in [0.1, 0.15) is 5.82 Å². The van der Waals surface area contributed by atoms with E-state index < -0.39 is 0 Å². The average molecular weight is 342 g/mol. The largest absolute Gasteiger partial charge is 0.399 e. The lowest BCUT2D eigenvalue weighted by molar-refractivity contribution is 0.795. The van der Waals surface area contributed by atoms with Gasteiger partial charge in [0.15, 0.2) is 0 Å². The highest BCUT2D eigenvalue weighted by Gasteiger charge is 2.02. The van der Waals surface area contributed by atoms with Crippen LogP contribution in [0.15, 0.2) is 48.5 Å². The van der Waals surface area contributed by atoms with Crippen LogP contribution in [0.4, 0.5) is 11.5 Å². The van der Waals surface area contributed by atoms with Crippen LogP contribution in [0.2, 0.25) is 0 Å². The summed E-state index contributed by atoms with van der Waals surface area (Å²) >= 11 is 1.55. The molecule has 0 aliphatic heterocycles. The van der Waals surface area contributed by atoms with Crippen molar-refractivity contribution in [3.8, 4) is 0 Å². The van der Waals surface area contributed by atoms with Crippen molar-refractivity contribution in [2.45, 2.75) is 39.5 Å². The quantitative estimate of drug-likeness (QED) is 0.563. The number of benzene rings is 2. The number of aryl methyl sites for hydroxylation is 1. The summed E-state index contributed by atoms with van der Waals surface area (Å²) in [6, 6.07) is 16.4. The number of anilines is 2. The van der Waals surface area contributed by atoms with Crippen molar-refractivity contribution >= 4 is 33.1 Å². The van der Waals surface area contributed by atoms with Gasteiger partial charge in [-0.05, 0) is 60.6 Å². The highest BCUT2D eigenvalue weighted by atomic mass is 32.1. The minimum atomic E-state index is 0.852. The molecule has 1 heterocycles. The van der Waals surface area contributed by atoms with E-state index in [4.69, 9.17) is 5.73 Å². The number of rotatable bonds is 6. The molecule has 0 saturated carbocycles. The Morgan fingerprint density at radius 1 is 1.00 bits per heavy atom. The van der Waals surface area contributed by atoms with E-state index in [1.54, 1.807) is 11.5 Å². The van der Waals surface area contributed by atoms with Crippen LogP contribution in [0.1, 0.15) is 38.7 Å². The van der Waals surface area contributed by atoms with E-state index in [1.165, 1.54) is 34.9 Å². The summed E-state index contributed by atoms with van der Waals surface area (Å²) in [4.78, 5) is 0. The number of nitrogens with one attached hydrogen (secondary N) is 1. The Bertz CT molecular complexity index is 719. The Morgan fingerprint density at radius 3 is 2.46 bits per heavy atom. The third-order valence-corrected chi connectivity index (χ3v) is 4.55. The van der Waals surface area contributed by atoms with E-state index in [2.05, 4.69) is 47.8 Å². The molecule has 3 aromatic rings. The van der Waals surface area contributed by atoms with Gasteiger partial charge in [0.2, 0.25) is 0 Å². The van der Waals surface area contributed by atoms with Crippen molar-refractivity contribution in [2.24, 2.45) is 0 Å². The molecule has 0 aliphatic rings. The van der Waals surface area contributed by atoms with Gasteiger partial charge in [-0.15, -0.1) is 0 Å². The molecule has 3 N–H and O–H groups in total. The maximum atomic E-state index is 5.56. The molecule has 0 spiro atoms. The first-order valence-corrected chi connectivity index (χ1v) is 9.44. The zero-order chi connectivity index (χ0) is 17.2. The van der Waals surface area contributed by atoms with Crippen LogP contribution in [0.25, 0.3) is 10.1 Å². The smallest absolute Gasteiger partial charge is 0.147 e. The molecule has 1 aromatic heterocycles. The second-order valence-electron chi connectivity index (χ2n) is 5.80. The summed E-state index contributed by atoms with van der Waals surface area (Å²) in [5.41, 5.74) is 7.80. The molecule has 2 aromatic carbocycles. The topological polar surface area (TPSA) is 50.9 Å². The van der Waals surface area contributed by atoms with Crippen molar-refractivity contribution in [3.63, 3.8) is 0 Å². The molecule has 0 atom stereocenters. The van der Waals surface area contributed by atoms with Crippen LogP contribution < -0.4 is 11.1 Å². The number of fused-ring (bicyclic) bond motifs is 1. The Balaban J connectivity index is 0.000000177. The molecule has 0 amide bonds. The maximum Gasteiger partial charge on any atom is 0.147 e. The third kappa shape index (κ3) is 5.53. The van der Waals surface area contributed by atoms with Crippen molar-refractivity contribution in [2.75, 3.05) is 17.6 Å². The third-order valence-electron chi connectivity index (χ3n) is 3.72. The van der Waals surface area contributed by atoms with Crippen LogP contribution in [0.5, 0.6) is 0 Å². The van der Waals surface area contributed by atoms with E-state index in [1.807, 2.05) is 24.3 Å². The minimum absolute atomic E-state index is 0.852. The number of nitrogen functional groups attached to an aromatic ring is 1. The maximum absolute atomic E-state index is 5.56. The zero-order valence-corrected chi connectivity index (χ0v) is 15.4. The molecule has 0 aliphatic carbocycles. The van der Waals surface area contributed by atoms with Gasteiger partial charge >= 0.3 is 0 Å². The lowest BCUT2D eigenvalue weighted by Gasteiger charge is -1.99. The fraction of sp³-hybridized carbons (Fsp3) is 0.350. The molecular weight excluding hydrogens is 314 g/mol. The molecule has 0 radical (unpaired) electrons. The second-order valence-corrected chi connectivity index (χ2v) is 6.60. The van der Waals surface area contributed by atoms with Crippen LogP contribution in [0, 0.1) is 0 Å². The second kappa shape index (κ2) is 9.93. The summed E-state index contributed by atoms with van der Waals surface area (Å²) < 4.78 is 5.61. The Kier molecular flexibility index (Phi) is 7.56. The predicted molar refractivity (Wildman–Crippen MR) is 108 cm³/mol. The van der Waals surface area contributed by atoms with E-state index >= 15 is 0 Å². The molecule has 0 bridgehead atoms. The SMILES string of the molecule is CCCCc1ccc(N)cc1.CCCNc1nsc2ccccc12. The average Bonchev–Trinajstić information content (AvgIpc) is 3.03. The first kappa shape index (κ1) is 18.3. The van der Waals surface area contributed by atoms with Crippen LogP contribution in [-0.4, -0.2) is 10.9 Å². The molecular formula is C20H27N3S. The number of hydrogen-bond donors (Lipinski definition) is 2. The number of nitrogens with zero attached hydrogens (tertiary/aromatic N) is 1. The minimum Gasteiger partial charge on any atom is -0.399 e. The molecule has 24 heavy (non-hydrogen) atoms. The monoisotopic (exact) mass is 341 g/mol. The van der Waals surface area contributed by atoms with Gasteiger partial charge in [-0.2, -0.15) is 4.37 Å². The van der Waals surface area contributed by atoms with Gasteiger partial charge in [0, 0.05) is 17.6 Å². The van der Waals surface area contributed by atoms with E-state index in [0.29, 0.717) is 0 Å². The van der Waals surface area contributed by atoms with E-state index in [-0.39, 0.29) is 0 Å². The fourth-order valence-corrected chi connectivity index (χ4v) is 3.08. The Morgan fingerprint density at radius 2 is 1.75 bits per heavy atom. The number of unbranched alkanes of at least 4 members (excludes halogenated alkanes) is 1. The lowest BCUT2D eigenvalue weighted by Crippen LogP contribution is -1.99. The summed E-state index contributed by atoms with van der Waals surface area (Å²) in [6.07, 6.45) is 4.83. The van der Waals surface area contributed by atoms with Gasteiger partial charge < -0.3 is 11.1 Å².